The van der Waals surface area contributed by atoms with Crippen LogP contribution < -0.4 is 0 Å². The van der Waals surface area contributed by atoms with Crippen molar-refractivity contribution in [1.82, 2.24) is 14.5 Å². The van der Waals surface area contributed by atoms with Gasteiger partial charge in [0, 0.05) is 33.2 Å². The number of hydrogen-bond donors (Lipinski definition) is 0. The fourth-order valence-electron chi connectivity index (χ4n) is 11.8. The molecule has 3 heteroatoms. The molecule has 346 valence electrons. The third kappa shape index (κ3) is 7.27. The normalized spacial score (nSPS) is 15.4. The Morgan fingerprint density at radius 1 is 0.466 bits per heavy atom. The first kappa shape index (κ1) is 43.8. The highest BCUT2D eigenvalue weighted by Crippen LogP contribution is 2.57. The summed E-state index contributed by atoms with van der Waals surface area (Å²) in [5.41, 5.74) is 20.3. The van der Waals surface area contributed by atoms with E-state index in [0.29, 0.717) is 5.82 Å². The van der Waals surface area contributed by atoms with Crippen LogP contribution in [0.1, 0.15) is 37.0 Å². The standard InChI is InChI=1S/C70H51N3/c1-3-21-52(4-2)70(53-24-11-6-12-25-53)63-32-16-8-15-30-58(63)59-40-38-50(45-64(59)70)47-34-36-48(37-35-47)65-46-66(72-69(71-65)49-22-9-5-10-23-49)60-42-41-55(56-28-17-18-29-57(56)60)51-39-43-68-62(44-51)61-31-19-20-33-67(61)73(68)54-26-13-7-14-27-54/h3-7,9-46H,8H2,1-2H3/b21-3-,52-4+. The molecule has 0 bridgehead atoms. The second-order valence-corrected chi connectivity index (χ2v) is 19.0. The first-order chi connectivity index (χ1) is 36.1. The first-order valence-corrected chi connectivity index (χ1v) is 25.4. The van der Waals surface area contributed by atoms with E-state index in [4.69, 9.17) is 9.97 Å². The van der Waals surface area contributed by atoms with E-state index in [1.54, 1.807) is 0 Å². The fourth-order valence-corrected chi connectivity index (χ4v) is 11.8. The predicted molar refractivity (Wildman–Crippen MR) is 307 cm³/mol. The van der Waals surface area contributed by atoms with E-state index in [2.05, 4.69) is 273 Å². The summed E-state index contributed by atoms with van der Waals surface area (Å²) >= 11 is 0. The summed E-state index contributed by atoms with van der Waals surface area (Å²) in [4.78, 5) is 10.6. The van der Waals surface area contributed by atoms with E-state index in [9.17, 15) is 0 Å². The molecule has 11 aromatic rings. The van der Waals surface area contributed by atoms with Crippen molar-refractivity contribution in [2.75, 3.05) is 0 Å². The lowest BCUT2D eigenvalue weighted by molar-refractivity contribution is 0.758. The molecule has 2 heterocycles. The molecule has 0 spiro atoms. The summed E-state index contributed by atoms with van der Waals surface area (Å²) in [5, 5.41) is 4.78. The van der Waals surface area contributed by atoms with Gasteiger partial charge < -0.3 is 4.57 Å². The largest absolute Gasteiger partial charge is 0.309 e. The number of allylic oxidation sites excluding steroid dienone is 10. The van der Waals surface area contributed by atoms with E-state index >= 15 is 0 Å². The Kier molecular flexibility index (Phi) is 10.9. The van der Waals surface area contributed by atoms with E-state index in [1.807, 2.05) is 6.07 Å². The number of hydrogen-bond acceptors (Lipinski definition) is 2. The monoisotopic (exact) mass is 933 g/mol. The summed E-state index contributed by atoms with van der Waals surface area (Å²) in [6.07, 6.45) is 17.0. The molecular weight excluding hydrogens is 883 g/mol. The van der Waals surface area contributed by atoms with Gasteiger partial charge in [0.05, 0.1) is 27.8 Å². The van der Waals surface area contributed by atoms with Crippen molar-refractivity contribution in [1.29, 1.82) is 0 Å². The number of aromatic nitrogens is 3. The van der Waals surface area contributed by atoms with Gasteiger partial charge in [-0.05, 0) is 129 Å². The predicted octanol–water partition coefficient (Wildman–Crippen LogP) is 18.2. The molecule has 0 radical (unpaired) electrons. The van der Waals surface area contributed by atoms with Crippen LogP contribution in [0.3, 0.4) is 0 Å². The van der Waals surface area contributed by atoms with Gasteiger partial charge in [-0.2, -0.15) is 0 Å². The van der Waals surface area contributed by atoms with Gasteiger partial charge in [-0.3, -0.25) is 0 Å². The zero-order valence-electron chi connectivity index (χ0n) is 40.9. The molecule has 0 amide bonds. The smallest absolute Gasteiger partial charge is 0.160 e. The summed E-state index contributed by atoms with van der Waals surface area (Å²) in [5.74, 6) is 0.692. The van der Waals surface area contributed by atoms with Gasteiger partial charge in [-0.25, -0.2) is 9.97 Å². The lowest BCUT2D eigenvalue weighted by Gasteiger charge is -2.36. The van der Waals surface area contributed by atoms with Crippen LogP contribution in [0.4, 0.5) is 0 Å². The molecule has 3 nitrogen and oxygen atoms in total. The number of nitrogens with zero attached hydrogens (tertiary/aromatic N) is 3. The minimum Gasteiger partial charge on any atom is -0.309 e. The maximum absolute atomic E-state index is 5.33. The van der Waals surface area contributed by atoms with Crippen LogP contribution in [0.5, 0.6) is 0 Å². The highest BCUT2D eigenvalue weighted by atomic mass is 15.0. The van der Waals surface area contributed by atoms with Crippen LogP contribution in [0.2, 0.25) is 0 Å². The molecule has 1 atom stereocenters. The number of rotatable bonds is 9. The minimum atomic E-state index is -0.472. The molecule has 0 saturated heterocycles. The number of benzene rings is 9. The minimum absolute atomic E-state index is 0.472. The third-order valence-electron chi connectivity index (χ3n) is 15.0. The zero-order chi connectivity index (χ0) is 48.9. The Morgan fingerprint density at radius 2 is 1.07 bits per heavy atom. The Labute approximate surface area is 426 Å². The van der Waals surface area contributed by atoms with Gasteiger partial charge in [0.2, 0.25) is 0 Å². The van der Waals surface area contributed by atoms with Crippen molar-refractivity contribution in [2.24, 2.45) is 0 Å². The molecule has 9 aromatic carbocycles. The molecule has 1 unspecified atom stereocenters. The molecule has 2 aromatic heterocycles. The fraction of sp³-hybridized carbons (Fsp3) is 0.0571. The Hall–Kier alpha value is -9.18. The average molecular weight is 934 g/mol. The van der Waals surface area contributed by atoms with Gasteiger partial charge in [0.15, 0.2) is 5.82 Å². The van der Waals surface area contributed by atoms with E-state index in [0.717, 1.165) is 51.1 Å². The molecule has 2 aliphatic carbocycles. The second kappa shape index (κ2) is 18.2. The SMILES string of the molecule is C/C=C\C(=C/C)C1(c2ccccc2)C2=C(C=CCC=C2)c2ccc(-c3ccc(-c4cc(-c5ccc(-c6ccc7c(c6)c6ccccc6n7-c6ccccc6)c6ccccc56)nc(-c5ccccc5)n4)cc3)cc21. The summed E-state index contributed by atoms with van der Waals surface area (Å²) in [6, 6.07) is 79.1. The van der Waals surface area contributed by atoms with Crippen LogP contribution in [0.15, 0.2) is 272 Å². The molecule has 73 heavy (non-hydrogen) atoms. The van der Waals surface area contributed by atoms with Crippen LogP contribution in [0.25, 0.3) is 100.0 Å². The summed E-state index contributed by atoms with van der Waals surface area (Å²) in [6.45, 7) is 4.29. The van der Waals surface area contributed by atoms with Gasteiger partial charge in [0.1, 0.15) is 0 Å². The van der Waals surface area contributed by atoms with Crippen molar-refractivity contribution >= 4 is 38.2 Å². The average Bonchev–Trinajstić information content (AvgIpc) is 3.80. The van der Waals surface area contributed by atoms with E-state index in [-0.39, 0.29) is 0 Å². The zero-order valence-corrected chi connectivity index (χ0v) is 40.9. The third-order valence-corrected chi connectivity index (χ3v) is 15.0. The maximum atomic E-state index is 5.33. The topological polar surface area (TPSA) is 30.7 Å². The van der Waals surface area contributed by atoms with Gasteiger partial charge in [-0.15, -0.1) is 0 Å². The molecule has 0 aliphatic heterocycles. The van der Waals surface area contributed by atoms with Crippen molar-refractivity contribution in [2.45, 2.75) is 25.7 Å². The van der Waals surface area contributed by atoms with Crippen LogP contribution in [0, 0.1) is 0 Å². The molecule has 0 saturated carbocycles. The van der Waals surface area contributed by atoms with Crippen molar-refractivity contribution < 1.29 is 0 Å². The van der Waals surface area contributed by atoms with Gasteiger partial charge in [0.25, 0.3) is 0 Å². The first-order valence-electron chi connectivity index (χ1n) is 25.4. The molecule has 13 rings (SSSR count). The van der Waals surface area contributed by atoms with Crippen molar-refractivity contribution in [3.8, 4) is 61.8 Å². The van der Waals surface area contributed by atoms with Crippen LogP contribution >= 0.6 is 0 Å². The van der Waals surface area contributed by atoms with E-state index < -0.39 is 5.41 Å². The van der Waals surface area contributed by atoms with Crippen molar-refractivity contribution in [3.63, 3.8) is 0 Å². The quantitative estimate of drug-likeness (QED) is 0.135. The highest BCUT2D eigenvalue weighted by molar-refractivity contribution is 6.12. The summed E-state index contributed by atoms with van der Waals surface area (Å²) < 4.78 is 2.37. The van der Waals surface area contributed by atoms with E-state index in [1.165, 1.54) is 77.3 Å². The van der Waals surface area contributed by atoms with Gasteiger partial charge >= 0.3 is 0 Å². The molecule has 0 fully saturated rings. The number of para-hydroxylation sites is 2. The highest BCUT2D eigenvalue weighted by Gasteiger charge is 2.47. The molecular formula is C70H51N3. The Morgan fingerprint density at radius 3 is 1.84 bits per heavy atom. The Bertz CT molecular complexity index is 4090. The number of fused-ring (bicyclic) bond motifs is 6. The Balaban J connectivity index is 0.911. The maximum Gasteiger partial charge on any atom is 0.160 e. The van der Waals surface area contributed by atoms with Gasteiger partial charge in [-0.1, -0.05) is 218 Å². The summed E-state index contributed by atoms with van der Waals surface area (Å²) in [7, 11) is 0. The molecule has 0 N–H and O–H groups in total. The van der Waals surface area contributed by atoms with Crippen molar-refractivity contribution in [3.05, 3.63) is 289 Å². The second-order valence-electron chi connectivity index (χ2n) is 19.0. The molecule has 2 aliphatic rings. The van der Waals surface area contributed by atoms with Crippen LogP contribution in [-0.2, 0) is 5.41 Å². The lowest BCUT2D eigenvalue weighted by atomic mass is 9.65. The lowest BCUT2D eigenvalue weighted by Crippen LogP contribution is -2.30. The van der Waals surface area contributed by atoms with Crippen LogP contribution in [-0.4, -0.2) is 14.5 Å².